The van der Waals surface area contributed by atoms with Gasteiger partial charge in [0.05, 0.1) is 19.8 Å². The number of amides is 2. The standard InChI is InChI=1S/C42H55N5O4/c1-8-11-24-47-40-36(21-14-22-43-40)37(33-18-12-16-32(29-33)17-15-23-46(25-27-50-9-2)26-28-51-10-3)39(41(47)48)45-42(49)44-38-34(30(4)5)19-13-20-35(38)31(6)7/h12-14,16,18-22,29-31H,8-11,23-28H2,1-7H3,(H2,44,45,49). The molecule has 4 aromatic rings. The van der Waals surface area contributed by atoms with Crippen LogP contribution in [-0.4, -0.2) is 66.5 Å². The van der Waals surface area contributed by atoms with E-state index in [2.05, 4.69) is 67.0 Å². The van der Waals surface area contributed by atoms with Crippen molar-refractivity contribution in [3.05, 3.63) is 87.8 Å². The third-order valence-corrected chi connectivity index (χ3v) is 8.80. The minimum absolute atomic E-state index is 0.192. The van der Waals surface area contributed by atoms with Gasteiger partial charge in [-0.2, -0.15) is 0 Å². The van der Waals surface area contributed by atoms with Crippen molar-refractivity contribution < 1.29 is 14.3 Å². The summed E-state index contributed by atoms with van der Waals surface area (Å²) in [5.41, 5.74) is 5.55. The molecule has 0 saturated heterocycles. The summed E-state index contributed by atoms with van der Waals surface area (Å²) in [5.74, 6) is 7.03. The number of benzene rings is 2. The van der Waals surface area contributed by atoms with Gasteiger partial charge in [0.2, 0.25) is 0 Å². The number of aromatic nitrogens is 2. The molecule has 0 radical (unpaired) electrons. The van der Waals surface area contributed by atoms with Gasteiger partial charge in [0.25, 0.3) is 5.56 Å². The first-order chi connectivity index (χ1) is 24.7. The predicted octanol–water partition coefficient (Wildman–Crippen LogP) is 8.48. The Morgan fingerprint density at radius 2 is 1.53 bits per heavy atom. The molecule has 0 saturated carbocycles. The molecule has 2 aromatic heterocycles. The van der Waals surface area contributed by atoms with E-state index in [4.69, 9.17) is 9.47 Å². The topological polar surface area (TPSA) is 97.7 Å². The lowest BCUT2D eigenvalue weighted by molar-refractivity contribution is 0.0885. The normalized spacial score (nSPS) is 11.3. The Balaban J connectivity index is 1.77. The van der Waals surface area contributed by atoms with Crippen molar-refractivity contribution in [1.29, 1.82) is 0 Å². The molecule has 51 heavy (non-hydrogen) atoms. The lowest BCUT2D eigenvalue weighted by Crippen LogP contribution is -2.31. The summed E-state index contributed by atoms with van der Waals surface area (Å²) in [6.07, 6.45) is 3.41. The summed E-state index contributed by atoms with van der Waals surface area (Å²) < 4.78 is 12.8. The van der Waals surface area contributed by atoms with E-state index in [1.54, 1.807) is 10.8 Å². The predicted molar refractivity (Wildman–Crippen MR) is 210 cm³/mol. The molecule has 0 aliphatic carbocycles. The van der Waals surface area contributed by atoms with Gasteiger partial charge in [-0.15, -0.1) is 0 Å². The number of nitrogens with zero attached hydrogens (tertiary/aromatic N) is 3. The molecule has 0 fully saturated rings. The van der Waals surface area contributed by atoms with Crippen LogP contribution in [0, 0.1) is 11.8 Å². The van der Waals surface area contributed by atoms with Gasteiger partial charge in [0, 0.05) is 61.2 Å². The second-order valence-corrected chi connectivity index (χ2v) is 13.2. The van der Waals surface area contributed by atoms with Crippen LogP contribution in [0.1, 0.15) is 89.8 Å². The van der Waals surface area contributed by atoms with Crippen molar-refractivity contribution in [2.75, 3.05) is 56.7 Å². The van der Waals surface area contributed by atoms with Crippen molar-refractivity contribution in [2.45, 2.75) is 79.7 Å². The molecule has 9 nitrogen and oxygen atoms in total. The Kier molecular flexibility index (Phi) is 15.2. The van der Waals surface area contributed by atoms with Gasteiger partial charge in [-0.1, -0.05) is 83.2 Å². The molecule has 0 aliphatic rings. The Labute approximate surface area is 303 Å². The molecule has 0 bridgehead atoms. The summed E-state index contributed by atoms with van der Waals surface area (Å²) in [6, 6.07) is 17.3. The van der Waals surface area contributed by atoms with Gasteiger partial charge in [0.15, 0.2) is 0 Å². The van der Waals surface area contributed by atoms with Gasteiger partial charge in [-0.3, -0.25) is 14.3 Å². The van der Waals surface area contributed by atoms with Crippen molar-refractivity contribution in [3.8, 4) is 23.0 Å². The highest BCUT2D eigenvalue weighted by atomic mass is 16.5. The quantitative estimate of drug-likeness (QED) is 0.0851. The molecule has 4 rings (SSSR count). The average molecular weight is 694 g/mol. The van der Waals surface area contributed by atoms with Crippen LogP contribution in [0.2, 0.25) is 0 Å². The minimum atomic E-state index is -0.469. The van der Waals surface area contributed by atoms with E-state index >= 15 is 0 Å². The van der Waals surface area contributed by atoms with Crippen LogP contribution in [0.3, 0.4) is 0 Å². The molecular formula is C42H55N5O4. The average Bonchev–Trinajstić information content (AvgIpc) is 3.11. The first kappa shape index (κ1) is 39.3. The third-order valence-electron chi connectivity index (χ3n) is 8.80. The van der Waals surface area contributed by atoms with Crippen LogP contribution in [0.25, 0.3) is 22.2 Å². The molecule has 0 unspecified atom stereocenters. The molecule has 0 spiro atoms. The van der Waals surface area contributed by atoms with Crippen LogP contribution in [0.15, 0.2) is 65.6 Å². The molecule has 2 amide bonds. The van der Waals surface area contributed by atoms with Gasteiger partial charge >= 0.3 is 6.03 Å². The number of fused-ring (bicyclic) bond motifs is 1. The first-order valence-electron chi connectivity index (χ1n) is 18.4. The Bertz CT molecular complexity index is 1830. The zero-order valence-corrected chi connectivity index (χ0v) is 31.5. The van der Waals surface area contributed by atoms with Crippen molar-refractivity contribution in [1.82, 2.24) is 14.5 Å². The maximum atomic E-state index is 14.4. The monoisotopic (exact) mass is 693 g/mol. The van der Waals surface area contributed by atoms with E-state index in [9.17, 15) is 9.59 Å². The van der Waals surface area contributed by atoms with Crippen molar-refractivity contribution >= 4 is 28.4 Å². The number of hydrogen-bond donors (Lipinski definition) is 2. The Morgan fingerprint density at radius 1 is 0.882 bits per heavy atom. The van der Waals surface area contributed by atoms with Gasteiger partial charge in [0.1, 0.15) is 11.3 Å². The number of carbonyl (C=O) groups is 1. The van der Waals surface area contributed by atoms with E-state index in [1.165, 1.54) is 0 Å². The number of anilines is 2. The highest BCUT2D eigenvalue weighted by molar-refractivity contribution is 6.07. The third kappa shape index (κ3) is 10.5. The fourth-order valence-corrected chi connectivity index (χ4v) is 6.12. The lowest BCUT2D eigenvalue weighted by atomic mass is 9.93. The zero-order chi connectivity index (χ0) is 36.8. The van der Waals surface area contributed by atoms with E-state index in [1.807, 2.05) is 68.4 Å². The number of urea groups is 1. The second-order valence-electron chi connectivity index (χ2n) is 13.2. The lowest BCUT2D eigenvalue weighted by Gasteiger charge is -2.22. The maximum Gasteiger partial charge on any atom is 0.323 e. The zero-order valence-electron chi connectivity index (χ0n) is 31.5. The smallest absolute Gasteiger partial charge is 0.323 e. The number of aryl methyl sites for hydroxylation is 1. The van der Waals surface area contributed by atoms with Crippen LogP contribution < -0.4 is 16.2 Å². The number of carbonyl (C=O) groups excluding carboxylic acids is 1. The first-order valence-corrected chi connectivity index (χ1v) is 18.4. The summed E-state index contributed by atoms with van der Waals surface area (Å²) in [6.45, 7) is 19.7. The largest absolute Gasteiger partial charge is 0.380 e. The summed E-state index contributed by atoms with van der Waals surface area (Å²) >= 11 is 0. The van der Waals surface area contributed by atoms with Crippen LogP contribution in [0.4, 0.5) is 16.2 Å². The molecule has 2 heterocycles. The van der Waals surface area contributed by atoms with E-state index in [0.29, 0.717) is 50.7 Å². The molecule has 2 aromatic carbocycles. The van der Waals surface area contributed by atoms with Gasteiger partial charge in [-0.05, 0) is 73.1 Å². The fraction of sp³-hybridized carbons (Fsp3) is 0.452. The number of unbranched alkanes of at least 4 members (excludes halogenated alkanes) is 1. The number of rotatable bonds is 17. The van der Waals surface area contributed by atoms with Crippen LogP contribution in [0.5, 0.6) is 0 Å². The van der Waals surface area contributed by atoms with Crippen molar-refractivity contribution in [3.63, 3.8) is 0 Å². The molecular weight excluding hydrogens is 638 g/mol. The molecule has 0 aliphatic heterocycles. The van der Waals surface area contributed by atoms with Crippen LogP contribution in [-0.2, 0) is 16.0 Å². The summed E-state index contributed by atoms with van der Waals surface area (Å²) in [5, 5.41) is 6.93. The Hall–Kier alpha value is -4.49. The molecule has 0 atom stereocenters. The van der Waals surface area contributed by atoms with E-state index in [-0.39, 0.29) is 23.1 Å². The van der Waals surface area contributed by atoms with Gasteiger partial charge in [-0.25, -0.2) is 9.78 Å². The summed E-state index contributed by atoms with van der Waals surface area (Å²) in [4.78, 5) is 35.2. The van der Waals surface area contributed by atoms with Gasteiger partial charge < -0.3 is 20.1 Å². The summed E-state index contributed by atoms with van der Waals surface area (Å²) in [7, 11) is 0. The molecule has 272 valence electrons. The Morgan fingerprint density at radius 3 is 2.16 bits per heavy atom. The highest BCUT2D eigenvalue weighted by Gasteiger charge is 2.22. The SMILES string of the molecule is CCCCn1c(=O)c(NC(=O)Nc2c(C(C)C)cccc2C(C)C)c(-c2cccc(C#CCN(CCOCC)CCOCC)c2)c2cccnc21. The fourth-order valence-electron chi connectivity index (χ4n) is 6.12. The number of pyridine rings is 2. The van der Waals surface area contributed by atoms with Crippen LogP contribution >= 0.6 is 0 Å². The number of ether oxygens (including phenoxy) is 2. The van der Waals surface area contributed by atoms with E-state index < -0.39 is 6.03 Å². The number of hydrogen-bond acceptors (Lipinski definition) is 6. The molecule has 9 heteroatoms. The molecule has 2 N–H and O–H groups in total. The number of para-hydroxylation sites is 1. The van der Waals surface area contributed by atoms with Crippen molar-refractivity contribution in [2.24, 2.45) is 0 Å². The second kappa shape index (κ2) is 19.8. The maximum absolute atomic E-state index is 14.4. The number of nitrogens with one attached hydrogen (secondary N) is 2. The highest BCUT2D eigenvalue weighted by Crippen LogP contribution is 2.35. The van der Waals surface area contributed by atoms with E-state index in [0.717, 1.165) is 59.3 Å². The minimum Gasteiger partial charge on any atom is -0.380 e.